The van der Waals surface area contributed by atoms with Crippen molar-refractivity contribution in [2.24, 2.45) is 0 Å². The van der Waals surface area contributed by atoms with Gasteiger partial charge in [-0.1, -0.05) is 6.07 Å². The maximum absolute atomic E-state index is 6.22. The summed E-state index contributed by atoms with van der Waals surface area (Å²) in [5, 5.41) is 0. The Hall–Kier alpha value is -2.44. The molecule has 6 heteroatoms. The quantitative estimate of drug-likeness (QED) is 0.683. The Morgan fingerprint density at radius 3 is 3.00 bits per heavy atom. The van der Waals surface area contributed by atoms with Crippen molar-refractivity contribution in [3.8, 4) is 5.75 Å². The van der Waals surface area contributed by atoms with Crippen molar-refractivity contribution in [1.82, 2.24) is 24.2 Å². The molecule has 0 saturated carbocycles. The van der Waals surface area contributed by atoms with Crippen molar-refractivity contribution in [2.75, 3.05) is 27.2 Å². The van der Waals surface area contributed by atoms with Gasteiger partial charge in [0.2, 0.25) is 0 Å². The highest BCUT2D eigenvalue weighted by Gasteiger charge is 2.24. The lowest BCUT2D eigenvalue weighted by molar-refractivity contribution is 0.197. The highest BCUT2D eigenvalue weighted by Crippen LogP contribution is 2.21. The Kier molecular flexibility index (Phi) is 4.86. The van der Waals surface area contributed by atoms with E-state index in [4.69, 9.17) is 4.74 Å². The molecule has 0 amide bonds. The number of rotatable bonds is 6. The largest absolute Gasteiger partial charge is 0.489 e. The second-order valence-corrected chi connectivity index (χ2v) is 7.16. The monoisotopic (exact) mass is 351 g/mol. The van der Waals surface area contributed by atoms with Gasteiger partial charge in [0.15, 0.2) is 0 Å². The minimum atomic E-state index is 0.228. The molecule has 136 valence electrons. The van der Waals surface area contributed by atoms with E-state index in [0.717, 1.165) is 49.7 Å². The molecule has 1 atom stereocenters. The molecule has 26 heavy (non-hydrogen) atoms. The number of hydrogen-bond acceptors (Lipinski definition) is 5. The van der Waals surface area contributed by atoms with Crippen molar-refractivity contribution in [1.29, 1.82) is 0 Å². The zero-order chi connectivity index (χ0) is 17.9. The summed E-state index contributed by atoms with van der Waals surface area (Å²) >= 11 is 0. The van der Waals surface area contributed by atoms with E-state index in [1.807, 2.05) is 44.8 Å². The van der Waals surface area contributed by atoms with Crippen LogP contribution in [0.3, 0.4) is 0 Å². The number of hydrogen-bond donors (Lipinski definition) is 0. The second-order valence-electron chi connectivity index (χ2n) is 7.16. The number of pyridine rings is 2. The van der Waals surface area contributed by atoms with Gasteiger partial charge in [0.05, 0.1) is 5.69 Å². The lowest BCUT2D eigenvalue weighted by Gasteiger charge is -2.18. The number of fused-ring (bicyclic) bond motifs is 1. The van der Waals surface area contributed by atoms with Crippen LogP contribution in [-0.2, 0) is 13.1 Å². The predicted octanol–water partition coefficient (Wildman–Crippen LogP) is 2.44. The molecule has 6 nitrogen and oxygen atoms in total. The first-order valence-electron chi connectivity index (χ1n) is 9.07. The van der Waals surface area contributed by atoms with Gasteiger partial charge in [0.25, 0.3) is 0 Å². The topological polar surface area (TPSA) is 45.9 Å². The first kappa shape index (κ1) is 17.0. The van der Waals surface area contributed by atoms with E-state index >= 15 is 0 Å². The number of likely N-dealkylation sites (tertiary alicyclic amines) is 1. The summed E-state index contributed by atoms with van der Waals surface area (Å²) in [6, 6.07) is 10.3. The van der Waals surface area contributed by atoms with Crippen LogP contribution in [0, 0.1) is 0 Å². The summed E-state index contributed by atoms with van der Waals surface area (Å²) in [5.41, 5.74) is 3.30. The molecule has 0 radical (unpaired) electrons. The third kappa shape index (κ3) is 3.86. The van der Waals surface area contributed by atoms with Gasteiger partial charge in [0, 0.05) is 56.5 Å². The predicted molar refractivity (Wildman–Crippen MR) is 101 cm³/mol. The molecule has 3 aromatic heterocycles. The van der Waals surface area contributed by atoms with Gasteiger partial charge in [-0.05, 0) is 38.7 Å². The molecule has 0 N–H and O–H groups in total. The fourth-order valence-corrected chi connectivity index (χ4v) is 3.53. The van der Waals surface area contributed by atoms with Gasteiger partial charge in [-0.2, -0.15) is 0 Å². The molecule has 0 spiro atoms. The van der Waals surface area contributed by atoms with Crippen LogP contribution in [0.25, 0.3) is 5.65 Å². The molecule has 4 heterocycles. The highest BCUT2D eigenvalue weighted by atomic mass is 16.5. The zero-order valence-corrected chi connectivity index (χ0v) is 15.4. The summed E-state index contributed by atoms with van der Waals surface area (Å²) < 4.78 is 8.38. The van der Waals surface area contributed by atoms with E-state index in [1.165, 1.54) is 5.69 Å². The zero-order valence-electron chi connectivity index (χ0n) is 15.4. The summed E-state index contributed by atoms with van der Waals surface area (Å²) in [7, 11) is 4.09. The summed E-state index contributed by atoms with van der Waals surface area (Å²) in [6.07, 6.45) is 6.99. The fraction of sp³-hybridized carbons (Fsp3) is 0.400. The molecular formula is C20H25N5O. The molecule has 1 saturated heterocycles. The molecule has 1 fully saturated rings. The van der Waals surface area contributed by atoms with E-state index in [-0.39, 0.29) is 6.10 Å². The van der Waals surface area contributed by atoms with Crippen LogP contribution in [0.5, 0.6) is 5.75 Å². The minimum Gasteiger partial charge on any atom is -0.489 e. The first-order chi connectivity index (χ1) is 12.7. The van der Waals surface area contributed by atoms with Crippen LogP contribution < -0.4 is 4.74 Å². The Balaban J connectivity index is 1.37. The van der Waals surface area contributed by atoms with Crippen molar-refractivity contribution in [2.45, 2.75) is 25.6 Å². The van der Waals surface area contributed by atoms with E-state index in [1.54, 1.807) is 0 Å². The smallest absolute Gasteiger partial charge is 0.136 e. The van der Waals surface area contributed by atoms with E-state index in [2.05, 4.69) is 42.4 Å². The summed E-state index contributed by atoms with van der Waals surface area (Å²) in [6.45, 7) is 3.72. The number of aromatic nitrogens is 3. The van der Waals surface area contributed by atoms with E-state index in [0.29, 0.717) is 0 Å². The SMILES string of the molecule is CN(C)Cc1cc(OC2CCN(Cc3cccc4nccn34)C2)ccn1. The van der Waals surface area contributed by atoms with Crippen molar-refractivity contribution in [3.05, 3.63) is 60.3 Å². The summed E-state index contributed by atoms with van der Waals surface area (Å²) in [5.74, 6) is 0.917. The third-order valence-electron chi connectivity index (χ3n) is 4.70. The van der Waals surface area contributed by atoms with Gasteiger partial charge in [-0.25, -0.2) is 4.98 Å². The van der Waals surface area contributed by atoms with Crippen LogP contribution in [0.4, 0.5) is 0 Å². The first-order valence-corrected chi connectivity index (χ1v) is 9.07. The van der Waals surface area contributed by atoms with E-state index < -0.39 is 0 Å². The van der Waals surface area contributed by atoms with Crippen LogP contribution in [-0.4, -0.2) is 57.5 Å². The summed E-state index contributed by atoms with van der Waals surface area (Å²) in [4.78, 5) is 13.3. The molecule has 1 aliphatic heterocycles. The Morgan fingerprint density at radius 1 is 1.19 bits per heavy atom. The maximum atomic E-state index is 6.22. The molecular weight excluding hydrogens is 326 g/mol. The molecule has 0 bridgehead atoms. The van der Waals surface area contributed by atoms with Gasteiger partial charge in [-0.15, -0.1) is 0 Å². The van der Waals surface area contributed by atoms with Crippen molar-refractivity contribution >= 4 is 5.65 Å². The molecule has 3 aromatic rings. The fourth-order valence-electron chi connectivity index (χ4n) is 3.53. The second kappa shape index (κ2) is 7.43. The van der Waals surface area contributed by atoms with Crippen LogP contribution in [0.2, 0.25) is 0 Å². The Labute approximate surface area is 154 Å². The minimum absolute atomic E-state index is 0.228. The van der Waals surface area contributed by atoms with Crippen LogP contribution in [0.1, 0.15) is 17.8 Å². The van der Waals surface area contributed by atoms with Gasteiger partial charge < -0.3 is 14.0 Å². The normalized spacial score (nSPS) is 18.0. The molecule has 0 aromatic carbocycles. The Morgan fingerprint density at radius 2 is 2.12 bits per heavy atom. The highest BCUT2D eigenvalue weighted by molar-refractivity contribution is 5.39. The van der Waals surface area contributed by atoms with E-state index in [9.17, 15) is 0 Å². The standard InChI is InChI=1S/C20H25N5O/c1-23(2)13-16-12-18(6-8-21-16)26-19-7-10-24(15-19)14-17-4-3-5-20-22-9-11-25(17)20/h3-6,8-9,11-12,19H,7,10,13-15H2,1-2H3. The molecule has 0 aliphatic carbocycles. The lowest BCUT2D eigenvalue weighted by atomic mass is 10.3. The van der Waals surface area contributed by atoms with Crippen LogP contribution >= 0.6 is 0 Å². The average molecular weight is 351 g/mol. The van der Waals surface area contributed by atoms with Crippen LogP contribution in [0.15, 0.2) is 48.9 Å². The van der Waals surface area contributed by atoms with Crippen molar-refractivity contribution < 1.29 is 4.74 Å². The number of imidazole rings is 1. The number of nitrogens with zero attached hydrogens (tertiary/aromatic N) is 5. The maximum Gasteiger partial charge on any atom is 0.136 e. The number of ether oxygens (including phenoxy) is 1. The average Bonchev–Trinajstić information content (AvgIpc) is 3.24. The van der Waals surface area contributed by atoms with Gasteiger partial charge in [0.1, 0.15) is 17.5 Å². The molecule has 1 aliphatic rings. The van der Waals surface area contributed by atoms with Crippen molar-refractivity contribution in [3.63, 3.8) is 0 Å². The third-order valence-corrected chi connectivity index (χ3v) is 4.70. The lowest BCUT2D eigenvalue weighted by Crippen LogP contribution is -2.25. The van der Waals surface area contributed by atoms with Gasteiger partial charge in [-0.3, -0.25) is 9.88 Å². The Bertz CT molecular complexity index is 875. The molecule has 1 unspecified atom stereocenters. The molecule has 4 rings (SSSR count). The van der Waals surface area contributed by atoms with Gasteiger partial charge >= 0.3 is 0 Å².